The summed E-state index contributed by atoms with van der Waals surface area (Å²) < 4.78 is 5.25. The van der Waals surface area contributed by atoms with Crippen molar-refractivity contribution >= 4 is 17.6 Å². The van der Waals surface area contributed by atoms with Crippen LogP contribution in [0.3, 0.4) is 0 Å². The minimum Gasteiger partial charge on any atom is -1.00 e. The van der Waals surface area contributed by atoms with E-state index in [4.69, 9.17) is 4.74 Å². The Kier molecular flexibility index (Phi) is 11.1. The second kappa shape index (κ2) is 11.9. The molecule has 0 atom stereocenters. The highest BCUT2D eigenvalue weighted by Crippen LogP contribution is 2.22. The van der Waals surface area contributed by atoms with Crippen LogP contribution in [0.1, 0.15) is 55.1 Å². The zero-order chi connectivity index (χ0) is 18.1. The van der Waals surface area contributed by atoms with Crippen molar-refractivity contribution in [3.05, 3.63) is 28.8 Å². The number of halogens is 1. The number of benzene rings is 1. The van der Waals surface area contributed by atoms with E-state index in [0.717, 1.165) is 42.7 Å². The van der Waals surface area contributed by atoms with Gasteiger partial charge < -0.3 is 27.4 Å². The molecule has 0 bridgehead atoms. The van der Waals surface area contributed by atoms with Gasteiger partial charge in [-0.2, -0.15) is 0 Å². The molecule has 1 aromatic rings. The second-order valence-corrected chi connectivity index (χ2v) is 6.16. The summed E-state index contributed by atoms with van der Waals surface area (Å²) in [5.41, 5.74) is 3.07. The van der Waals surface area contributed by atoms with Gasteiger partial charge in [0, 0.05) is 5.69 Å². The van der Waals surface area contributed by atoms with E-state index in [1.165, 1.54) is 4.90 Å². The van der Waals surface area contributed by atoms with E-state index in [1.807, 2.05) is 13.8 Å². The SMILES string of the molecule is CCCCOC(=O)c1cc(C)c(NC(=O)C[NH+](CC)CC)c(C)c1.[Cl-]. The number of carbonyl (C=O) groups is 2. The first-order valence-corrected chi connectivity index (χ1v) is 8.84. The molecule has 0 aromatic heterocycles. The van der Waals surface area contributed by atoms with Crippen molar-refractivity contribution in [1.82, 2.24) is 0 Å². The van der Waals surface area contributed by atoms with E-state index in [-0.39, 0.29) is 24.3 Å². The third-order valence-corrected chi connectivity index (χ3v) is 4.17. The van der Waals surface area contributed by atoms with Crippen LogP contribution in [0.2, 0.25) is 0 Å². The molecule has 5 nitrogen and oxygen atoms in total. The fourth-order valence-corrected chi connectivity index (χ4v) is 2.58. The molecule has 1 aromatic carbocycles. The number of likely N-dealkylation sites (N-methyl/N-ethyl adjacent to an activating group) is 1. The average molecular weight is 371 g/mol. The number of rotatable bonds is 9. The number of aryl methyl sites for hydroxylation is 2. The van der Waals surface area contributed by atoms with Crippen molar-refractivity contribution in [3.63, 3.8) is 0 Å². The number of amides is 1. The number of esters is 1. The molecule has 142 valence electrons. The molecule has 0 radical (unpaired) electrons. The fourth-order valence-electron chi connectivity index (χ4n) is 2.58. The molecule has 0 unspecified atom stereocenters. The predicted molar refractivity (Wildman–Crippen MR) is 96.6 cm³/mol. The lowest BCUT2D eigenvalue weighted by molar-refractivity contribution is -0.888. The second-order valence-electron chi connectivity index (χ2n) is 6.16. The van der Waals surface area contributed by atoms with Gasteiger partial charge in [0.05, 0.1) is 25.3 Å². The highest BCUT2D eigenvalue weighted by atomic mass is 35.5. The topological polar surface area (TPSA) is 59.8 Å². The molecule has 0 saturated carbocycles. The van der Waals surface area contributed by atoms with Gasteiger partial charge in [0.2, 0.25) is 0 Å². The van der Waals surface area contributed by atoms with Crippen molar-refractivity contribution in [2.75, 3.05) is 31.6 Å². The summed E-state index contributed by atoms with van der Waals surface area (Å²) in [5.74, 6) is -0.307. The number of nitrogens with one attached hydrogen (secondary N) is 2. The van der Waals surface area contributed by atoms with Gasteiger partial charge in [-0.25, -0.2) is 4.79 Å². The lowest BCUT2D eigenvalue weighted by Crippen LogP contribution is -3.12. The summed E-state index contributed by atoms with van der Waals surface area (Å²) in [6.45, 7) is 12.7. The molecule has 25 heavy (non-hydrogen) atoms. The molecule has 0 fully saturated rings. The first-order valence-electron chi connectivity index (χ1n) is 8.84. The number of carbonyl (C=O) groups excluding carboxylic acids is 2. The Morgan fingerprint density at radius 3 is 2.12 bits per heavy atom. The van der Waals surface area contributed by atoms with E-state index < -0.39 is 0 Å². The molecule has 2 N–H and O–H groups in total. The standard InChI is InChI=1S/C19H30N2O3.ClH/c1-6-9-10-24-19(23)16-11-14(4)18(15(5)12-16)20-17(22)13-21(7-2)8-3;/h11-12H,6-10,13H2,1-5H3,(H,20,22);1H. The largest absolute Gasteiger partial charge is 1.00 e. The summed E-state index contributed by atoms with van der Waals surface area (Å²) in [4.78, 5) is 25.5. The number of hydrogen-bond donors (Lipinski definition) is 2. The van der Waals surface area contributed by atoms with Gasteiger partial charge in [0.25, 0.3) is 5.91 Å². The van der Waals surface area contributed by atoms with E-state index in [0.29, 0.717) is 18.7 Å². The van der Waals surface area contributed by atoms with Gasteiger partial charge in [-0.05, 0) is 57.4 Å². The molecule has 0 heterocycles. The molecule has 0 aliphatic rings. The summed E-state index contributed by atoms with van der Waals surface area (Å²) in [7, 11) is 0. The molecule has 6 heteroatoms. The zero-order valence-electron chi connectivity index (χ0n) is 16.0. The lowest BCUT2D eigenvalue weighted by atomic mass is 10.0. The normalized spacial score (nSPS) is 10.3. The third-order valence-electron chi connectivity index (χ3n) is 4.17. The summed E-state index contributed by atoms with van der Waals surface area (Å²) in [5, 5.41) is 2.98. The van der Waals surface area contributed by atoms with Crippen LogP contribution in [0.5, 0.6) is 0 Å². The van der Waals surface area contributed by atoms with Gasteiger partial charge in [0.1, 0.15) is 0 Å². The summed E-state index contributed by atoms with van der Waals surface area (Å²) in [6.07, 6.45) is 1.86. The smallest absolute Gasteiger partial charge is 0.338 e. The molecular weight excluding hydrogens is 340 g/mol. The fraction of sp³-hybridized carbons (Fsp3) is 0.579. The van der Waals surface area contributed by atoms with Crippen LogP contribution in [0.25, 0.3) is 0 Å². The molecular formula is C19H31ClN2O3. The monoisotopic (exact) mass is 370 g/mol. The van der Waals surface area contributed by atoms with Gasteiger partial charge >= 0.3 is 5.97 Å². The molecule has 0 aliphatic carbocycles. The van der Waals surface area contributed by atoms with Crippen LogP contribution in [0, 0.1) is 13.8 Å². The van der Waals surface area contributed by atoms with Crippen molar-refractivity contribution in [2.45, 2.75) is 47.5 Å². The minimum atomic E-state index is -0.305. The van der Waals surface area contributed by atoms with E-state index in [2.05, 4.69) is 26.1 Å². The van der Waals surface area contributed by atoms with Crippen LogP contribution in [0.4, 0.5) is 5.69 Å². The van der Waals surface area contributed by atoms with E-state index in [9.17, 15) is 9.59 Å². The Morgan fingerprint density at radius 2 is 1.64 bits per heavy atom. The Balaban J connectivity index is 0.00000576. The van der Waals surface area contributed by atoms with Crippen LogP contribution >= 0.6 is 0 Å². The average Bonchev–Trinajstić information content (AvgIpc) is 2.55. The van der Waals surface area contributed by atoms with Crippen LogP contribution < -0.4 is 22.6 Å². The van der Waals surface area contributed by atoms with Crippen LogP contribution in [-0.2, 0) is 9.53 Å². The molecule has 0 saturated heterocycles. The van der Waals surface area contributed by atoms with Crippen molar-refractivity contribution in [2.24, 2.45) is 0 Å². The Bertz CT molecular complexity index is 549. The lowest BCUT2D eigenvalue weighted by Gasteiger charge is -2.17. The quantitative estimate of drug-likeness (QED) is 0.439. The maximum atomic E-state index is 12.2. The minimum absolute atomic E-state index is 0. The molecule has 0 spiro atoms. The maximum absolute atomic E-state index is 12.2. The first kappa shape index (κ1) is 23.4. The Morgan fingerprint density at radius 1 is 1.08 bits per heavy atom. The van der Waals surface area contributed by atoms with E-state index in [1.54, 1.807) is 12.1 Å². The summed E-state index contributed by atoms with van der Waals surface area (Å²) >= 11 is 0. The van der Waals surface area contributed by atoms with Gasteiger partial charge in [0.15, 0.2) is 6.54 Å². The number of quaternary nitrogens is 1. The first-order chi connectivity index (χ1) is 11.4. The van der Waals surface area contributed by atoms with Crippen molar-refractivity contribution in [1.29, 1.82) is 0 Å². The van der Waals surface area contributed by atoms with E-state index >= 15 is 0 Å². The summed E-state index contributed by atoms with van der Waals surface area (Å²) in [6, 6.07) is 3.56. The molecule has 0 aliphatic heterocycles. The molecule has 1 rings (SSSR count). The van der Waals surface area contributed by atoms with Gasteiger partial charge in [-0.1, -0.05) is 13.3 Å². The van der Waals surface area contributed by atoms with Gasteiger partial charge in [-0.3, -0.25) is 4.79 Å². The maximum Gasteiger partial charge on any atom is 0.338 e. The highest BCUT2D eigenvalue weighted by molar-refractivity contribution is 5.95. The predicted octanol–water partition coefficient (Wildman–Crippen LogP) is -0.872. The number of unbranched alkanes of at least 4 members (excludes halogenated alkanes) is 1. The Labute approximate surface area is 157 Å². The highest BCUT2D eigenvalue weighted by Gasteiger charge is 2.16. The van der Waals surface area contributed by atoms with Crippen LogP contribution in [-0.4, -0.2) is 38.1 Å². The van der Waals surface area contributed by atoms with Crippen molar-refractivity contribution < 1.29 is 31.6 Å². The van der Waals surface area contributed by atoms with Crippen molar-refractivity contribution in [3.8, 4) is 0 Å². The Hall–Kier alpha value is -1.59. The van der Waals surface area contributed by atoms with Crippen LogP contribution in [0.15, 0.2) is 12.1 Å². The third kappa shape index (κ3) is 7.45. The molecule has 1 amide bonds. The number of hydrogen-bond acceptors (Lipinski definition) is 3. The number of ether oxygens (including phenoxy) is 1. The van der Waals surface area contributed by atoms with Gasteiger partial charge in [-0.15, -0.1) is 0 Å². The number of anilines is 1. The zero-order valence-corrected chi connectivity index (χ0v) is 16.8.